The van der Waals surface area contributed by atoms with Crippen molar-refractivity contribution >= 4 is 17.2 Å². The van der Waals surface area contributed by atoms with Crippen LogP contribution in [0.15, 0.2) is 18.3 Å². The standard InChI is InChI=1S/C22H22FN5O/c1-13-9-18(23)10-16-5-4-8-27(21(13)16)20(29)7-6-19-14(2)26-22-17(11-24)12-25-28(22)15(19)3/h9-10,12H,4-8H2,1-3H3. The number of anilines is 1. The van der Waals surface area contributed by atoms with Crippen molar-refractivity contribution in [3.8, 4) is 6.07 Å². The average molecular weight is 391 g/mol. The lowest BCUT2D eigenvalue weighted by molar-refractivity contribution is -0.118. The summed E-state index contributed by atoms with van der Waals surface area (Å²) in [6.07, 6.45) is 4.00. The third kappa shape index (κ3) is 3.25. The van der Waals surface area contributed by atoms with Gasteiger partial charge in [-0.1, -0.05) is 0 Å². The molecule has 3 heterocycles. The zero-order valence-corrected chi connectivity index (χ0v) is 16.8. The maximum absolute atomic E-state index is 13.8. The highest BCUT2D eigenvalue weighted by Gasteiger charge is 2.25. The monoisotopic (exact) mass is 391 g/mol. The van der Waals surface area contributed by atoms with Crippen LogP contribution in [0.5, 0.6) is 0 Å². The van der Waals surface area contributed by atoms with Crippen LogP contribution in [-0.2, 0) is 17.6 Å². The number of nitrogens with zero attached hydrogens (tertiary/aromatic N) is 5. The Hall–Kier alpha value is -3.27. The molecule has 0 N–H and O–H groups in total. The van der Waals surface area contributed by atoms with Gasteiger partial charge in [0.2, 0.25) is 5.91 Å². The molecule has 0 aliphatic carbocycles. The number of carbonyl (C=O) groups excluding carboxylic acids is 1. The molecule has 1 aliphatic rings. The lowest BCUT2D eigenvalue weighted by atomic mass is 9.97. The molecule has 1 aliphatic heterocycles. The molecule has 7 heteroatoms. The summed E-state index contributed by atoms with van der Waals surface area (Å²) in [5.74, 6) is -0.227. The zero-order chi connectivity index (χ0) is 20.7. The molecule has 29 heavy (non-hydrogen) atoms. The summed E-state index contributed by atoms with van der Waals surface area (Å²) in [4.78, 5) is 19.4. The molecular formula is C22H22FN5O. The Morgan fingerprint density at radius 1 is 1.31 bits per heavy atom. The number of aromatic nitrogens is 3. The Labute approximate surface area is 168 Å². The molecule has 1 aromatic carbocycles. The van der Waals surface area contributed by atoms with Crippen LogP contribution in [0.25, 0.3) is 5.65 Å². The van der Waals surface area contributed by atoms with Crippen LogP contribution < -0.4 is 4.90 Å². The molecule has 148 valence electrons. The number of hydrogen-bond donors (Lipinski definition) is 0. The first-order chi connectivity index (χ1) is 13.9. The van der Waals surface area contributed by atoms with Gasteiger partial charge in [0, 0.05) is 30.0 Å². The number of nitriles is 1. The van der Waals surface area contributed by atoms with Gasteiger partial charge in [-0.15, -0.1) is 0 Å². The highest BCUT2D eigenvalue weighted by Crippen LogP contribution is 2.32. The quantitative estimate of drug-likeness (QED) is 0.684. The largest absolute Gasteiger partial charge is 0.312 e. The molecule has 3 aromatic rings. The van der Waals surface area contributed by atoms with Gasteiger partial charge in [-0.05, 0) is 68.9 Å². The van der Waals surface area contributed by atoms with E-state index < -0.39 is 0 Å². The van der Waals surface area contributed by atoms with Gasteiger partial charge in [-0.25, -0.2) is 13.9 Å². The highest BCUT2D eigenvalue weighted by molar-refractivity contribution is 5.95. The average Bonchev–Trinajstić information content (AvgIpc) is 3.09. The third-order valence-corrected chi connectivity index (χ3v) is 5.66. The molecule has 6 nitrogen and oxygen atoms in total. The van der Waals surface area contributed by atoms with Crippen molar-refractivity contribution in [1.82, 2.24) is 14.6 Å². The molecule has 0 bridgehead atoms. The van der Waals surface area contributed by atoms with Crippen LogP contribution in [-0.4, -0.2) is 27.0 Å². The van der Waals surface area contributed by atoms with Crippen LogP contribution in [0.2, 0.25) is 0 Å². The minimum atomic E-state index is -0.253. The van der Waals surface area contributed by atoms with Gasteiger partial charge in [0.05, 0.1) is 6.20 Å². The number of fused-ring (bicyclic) bond motifs is 2. The number of hydrogen-bond acceptors (Lipinski definition) is 4. The van der Waals surface area contributed by atoms with Gasteiger partial charge in [0.25, 0.3) is 0 Å². The molecule has 0 saturated heterocycles. The maximum Gasteiger partial charge on any atom is 0.227 e. The molecule has 0 fully saturated rings. The van der Waals surface area contributed by atoms with Crippen LogP contribution >= 0.6 is 0 Å². The SMILES string of the molecule is Cc1cc(F)cc2c1N(C(=O)CCc1c(C)nc3c(C#N)cnn3c1C)CCC2. The first-order valence-electron chi connectivity index (χ1n) is 9.74. The second-order valence-corrected chi connectivity index (χ2v) is 7.55. The molecule has 4 rings (SSSR count). The van der Waals surface area contributed by atoms with Crippen molar-refractivity contribution < 1.29 is 9.18 Å². The van der Waals surface area contributed by atoms with Gasteiger partial charge in [-0.2, -0.15) is 10.4 Å². The minimum Gasteiger partial charge on any atom is -0.312 e. The van der Waals surface area contributed by atoms with E-state index in [1.54, 1.807) is 15.5 Å². The van der Waals surface area contributed by atoms with Crippen molar-refractivity contribution in [3.63, 3.8) is 0 Å². The summed E-state index contributed by atoms with van der Waals surface area (Å²) >= 11 is 0. The molecule has 1 amide bonds. The van der Waals surface area contributed by atoms with Crippen LogP contribution in [0, 0.1) is 37.9 Å². The highest BCUT2D eigenvalue weighted by atomic mass is 19.1. The molecule has 0 saturated carbocycles. The fourth-order valence-corrected chi connectivity index (χ4v) is 4.29. The number of halogens is 1. The lowest BCUT2D eigenvalue weighted by Gasteiger charge is -2.31. The van der Waals surface area contributed by atoms with Crippen molar-refractivity contribution in [3.05, 3.63) is 57.8 Å². The maximum atomic E-state index is 13.8. The first-order valence-corrected chi connectivity index (χ1v) is 9.74. The summed E-state index contributed by atoms with van der Waals surface area (Å²) in [5, 5.41) is 13.5. The van der Waals surface area contributed by atoms with Gasteiger partial charge >= 0.3 is 0 Å². The molecule has 0 atom stereocenters. The fourth-order valence-electron chi connectivity index (χ4n) is 4.29. The van der Waals surface area contributed by atoms with E-state index in [-0.39, 0.29) is 11.7 Å². The van der Waals surface area contributed by atoms with E-state index in [2.05, 4.69) is 16.2 Å². The van der Waals surface area contributed by atoms with E-state index in [1.165, 1.54) is 12.3 Å². The smallest absolute Gasteiger partial charge is 0.227 e. The summed E-state index contributed by atoms with van der Waals surface area (Å²) in [7, 11) is 0. The summed E-state index contributed by atoms with van der Waals surface area (Å²) < 4.78 is 15.4. The second kappa shape index (κ2) is 7.28. The lowest BCUT2D eigenvalue weighted by Crippen LogP contribution is -2.36. The summed E-state index contributed by atoms with van der Waals surface area (Å²) in [6, 6.07) is 5.13. The molecule has 2 aromatic heterocycles. The number of rotatable bonds is 3. The summed E-state index contributed by atoms with van der Waals surface area (Å²) in [5.41, 5.74) is 6.19. The van der Waals surface area contributed by atoms with E-state index in [0.29, 0.717) is 30.6 Å². The minimum absolute atomic E-state index is 0.0257. The molecule has 0 spiro atoms. The number of carbonyl (C=O) groups is 1. The second-order valence-electron chi connectivity index (χ2n) is 7.55. The number of amides is 1. The number of aryl methyl sites for hydroxylation is 4. The van der Waals surface area contributed by atoms with Crippen molar-refractivity contribution in [2.45, 2.75) is 46.5 Å². The van der Waals surface area contributed by atoms with Crippen LogP contribution in [0.1, 0.15) is 46.5 Å². The van der Waals surface area contributed by atoms with E-state index in [0.717, 1.165) is 46.6 Å². The van der Waals surface area contributed by atoms with Crippen LogP contribution in [0.4, 0.5) is 10.1 Å². The predicted molar refractivity (Wildman–Crippen MR) is 107 cm³/mol. The van der Waals surface area contributed by atoms with Crippen molar-refractivity contribution in [2.24, 2.45) is 0 Å². The van der Waals surface area contributed by atoms with Gasteiger partial charge < -0.3 is 4.90 Å². The predicted octanol–water partition coefficient (Wildman–Crippen LogP) is 3.58. The normalized spacial score (nSPS) is 13.4. The Kier molecular flexibility index (Phi) is 4.79. The number of benzene rings is 1. The molecule has 0 radical (unpaired) electrons. The fraction of sp³-hybridized carbons (Fsp3) is 0.364. The van der Waals surface area contributed by atoms with Crippen LogP contribution in [0.3, 0.4) is 0 Å². The molecule has 0 unspecified atom stereocenters. The van der Waals surface area contributed by atoms with Gasteiger partial charge in [0.1, 0.15) is 17.4 Å². The Morgan fingerprint density at radius 3 is 2.86 bits per heavy atom. The van der Waals surface area contributed by atoms with E-state index >= 15 is 0 Å². The van der Waals surface area contributed by atoms with E-state index in [1.807, 2.05) is 20.8 Å². The Bertz CT molecular complexity index is 1170. The first kappa shape index (κ1) is 19.1. The zero-order valence-electron chi connectivity index (χ0n) is 16.8. The Balaban J connectivity index is 1.60. The third-order valence-electron chi connectivity index (χ3n) is 5.66. The van der Waals surface area contributed by atoms with Gasteiger partial charge in [-0.3, -0.25) is 4.79 Å². The Morgan fingerprint density at radius 2 is 2.10 bits per heavy atom. The molecular weight excluding hydrogens is 369 g/mol. The van der Waals surface area contributed by atoms with E-state index in [4.69, 9.17) is 0 Å². The summed E-state index contributed by atoms with van der Waals surface area (Å²) in [6.45, 7) is 6.32. The topological polar surface area (TPSA) is 74.3 Å². The van der Waals surface area contributed by atoms with Crippen molar-refractivity contribution in [1.29, 1.82) is 5.26 Å². The van der Waals surface area contributed by atoms with Gasteiger partial charge in [0.15, 0.2) is 5.65 Å². The van der Waals surface area contributed by atoms with Crippen molar-refractivity contribution in [2.75, 3.05) is 11.4 Å². The van der Waals surface area contributed by atoms with E-state index in [9.17, 15) is 14.4 Å².